The van der Waals surface area contributed by atoms with Gasteiger partial charge in [-0.3, -0.25) is 23.0 Å². The summed E-state index contributed by atoms with van der Waals surface area (Å²) in [4.78, 5) is 28.9. The smallest absolute Gasteiger partial charge is 0.293 e. The van der Waals surface area contributed by atoms with Gasteiger partial charge in [0.2, 0.25) is 0 Å². The Hall–Kier alpha value is -2.72. The molecule has 2 aromatic heterocycles. The highest BCUT2D eigenvalue weighted by Crippen LogP contribution is 2.18. The summed E-state index contributed by atoms with van der Waals surface area (Å²) in [5.74, 6) is 0. The molecule has 0 amide bonds. The Labute approximate surface area is 142 Å². The van der Waals surface area contributed by atoms with Crippen LogP contribution in [0.4, 0.5) is 0 Å². The van der Waals surface area contributed by atoms with Crippen molar-refractivity contribution in [3.63, 3.8) is 0 Å². The van der Waals surface area contributed by atoms with E-state index in [1.54, 1.807) is 19.9 Å². The molecule has 0 saturated carbocycles. The van der Waals surface area contributed by atoms with Crippen molar-refractivity contribution in [3.8, 4) is 5.69 Å². The number of fused-ring (bicyclic) bond motifs is 1. The van der Waals surface area contributed by atoms with Crippen LogP contribution in [0.15, 0.2) is 45.1 Å². The predicted octanol–water partition coefficient (Wildman–Crippen LogP) is 0.635. The molecular weight excluding hydrogens is 348 g/mol. The number of hydrogen-bond acceptors (Lipinski definition) is 5. The molecule has 1 N–H and O–H groups in total. The lowest BCUT2D eigenvalue weighted by atomic mass is 10.3. The molecule has 3 aromatic rings. The molecule has 0 atom stereocenters. The monoisotopic (exact) mass is 364 g/mol. The molecule has 1 aromatic carbocycles. The highest BCUT2D eigenvalue weighted by atomic mass is 32.2. The van der Waals surface area contributed by atoms with Crippen molar-refractivity contribution >= 4 is 21.3 Å². The van der Waals surface area contributed by atoms with E-state index in [1.807, 2.05) is 0 Å². The average Bonchev–Trinajstić information content (AvgIpc) is 3.00. The maximum atomic E-state index is 12.7. The van der Waals surface area contributed by atoms with Crippen LogP contribution < -0.4 is 11.2 Å². The molecule has 0 fully saturated rings. The van der Waals surface area contributed by atoms with Gasteiger partial charge in [-0.25, -0.2) is 9.78 Å². The van der Waals surface area contributed by atoms with Crippen molar-refractivity contribution < 1.29 is 13.0 Å². The Kier molecular flexibility index (Phi) is 4.09. The number of imidazole rings is 1. The van der Waals surface area contributed by atoms with Crippen LogP contribution in [0.3, 0.4) is 0 Å². The van der Waals surface area contributed by atoms with Crippen molar-refractivity contribution in [2.24, 2.45) is 0 Å². The van der Waals surface area contributed by atoms with Crippen molar-refractivity contribution in [2.75, 3.05) is 0 Å². The molecule has 0 unspecified atom stereocenters. The fourth-order valence-corrected chi connectivity index (χ4v) is 3.26. The summed E-state index contributed by atoms with van der Waals surface area (Å²) in [5, 5.41) is 0. The van der Waals surface area contributed by atoms with Gasteiger partial charge in [-0.05, 0) is 32.0 Å². The van der Waals surface area contributed by atoms with Gasteiger partial charge in [0.15, 0.2) is 11.2 Å². The fraction of sp³-hybridized carbons (Fsp3) is 0.267. The average molecular weight is 364 g/mol. The maximum absolute atomic E-state index is 12.7. The maximum Gasteiger partial charge on any atom is 0.332 e. The van der Waals surface area contributed by atoms with Gasteiger partial charge in [-0.1, -0.05) is 6.07 Å². The second-order valence-electron chi connectivity index (χ2n) is 5.34. The Balaban J connectivity index is 2.41. The molecule has 0 radical (unpaired) electrons. The van der Waals surface area contributed by atoms with Crippen LogP contribution in [0.2, 0.25) is 0 Å². The van der Waals surface area contributed by atoms with E-state index < -0.39 is 21.4 Å². The summed E-state index contributed by atoms with van der Waals surface area (Å²) >= 11 is 0. The third-order valence-electron chi connectivity index (χ3n) is 3.94. The highest BCUT2D eigenvalue weighted by Gasteiger charge is 2.18. The van der Waals surface area contributed by atoms with E-state index in [4.69, 9.17) is 0 Å². The number of aryl methyl sites for hydroxylation is 1. The van der Waals surface area contributed by atoms with Gasteiger partial charge < -0.3 is 0 Å². The molecule has 0 aliphatic rings. The van der Waals surface area contributed by atoms with Crippen molar-refractivity contribution in [1.82, 2.24) is 18.7 Å². The number of benzene rings is 1. The molecule has 25 heavy (non-hydrogen) atoms. The summed E-state index contributed by atoms with van der Waals surface area (Å²) in [6.45, 7) is 3.99. The van der Waals surface area contributed by atoms with Gasteiger partial charge in [-0.15, -0.1) is 0 Å². The van der Waals surface area contributed by atoms with E-state index in [-0.39, 0.29) is 22.6 Å². The standard InChI is InChI=1S/C15H16N4O5S/c1-3-17-13-12(14(20)18(4-2)15(17)21)19(9-16-13)10-6-5-7-11(8-10)25(22,23)24/h5-9H,3-4H2,1-2H3,(H,22,23,24). The largest absolute Gasteiger partial charge is 0.332 e. The Morgan fingerprint density at radius 3 is 2.40 bits per heavy atom. The van der Waals surface area contributed by atoms with Crippen LogP contribution in [0.5, 0.6) is 0 Å². The molecule has 132 valence electrons. The van der Waals surface area contributed by atoms with Gasteiger partial charge in [0.1, 0.15) is 6.33 Å². The first-order valence-corrected chi connectivity index (χ1v) is 9.02. The minimum Gasteiger partial charge on any atom is -0.293 e. The third kappa shape index (κ3) is 2.68. The van der Waals surface area contributed by atoms with E-state index in [0.717, 1.165) is 4.57 Å². The second-order valence-corrected chi connectivity index (χ2v) is 6.76. The molecule has 2 heterocycles. The van der Waals surface area contributed by atoms with Crippen molar-refractivity contribution in [1.29, 1.82) is 0 Å². The summed E-state index contributed by atoms with van der Waals surface area (Å²) in [6, 6.07) is 5.49. The SMILES string of the molecule is CCn1c(=O)c2c(ncn2-c2cccc(S(=O)(=O)O)c2)n(CC)c1=O. The van der Waals surface area contributed by atoms with Crippen LogP contribution >= 0.6 is 0 Å². The van der Waals surface area contributed by atoms with E-state index in [1.165, 1.54) is 33.7 Å². The summed E-state index contributed by atoms with van der Waals surface area (Å²) in [6.07, 6.45) is 1.35. The lowest BCUT2D eigenvalue weighted by molar-refractivity contribution is 0.483. The first-order chi connectivity index (χ1) is 11.8. The van der Waals surface area contributed by atoms with E-state index >= 15 is 0 Å². The molecule has 10 heteroatoms. The quantitative estimate of drug-likeness (QED) is 0.679. The normalized spacial score (nSPS) is 12.0. The molecule has 0 saturated heterocycles. The van der Waals surface area contributed by atoms with E-state index in [9.17, 15) is 22.6 Å². The minimum absolute atomic E-state index is 0.163. The van der Waals surface area contributed by atoms with Crippen LogP contribution in [-0.4, -0.2) is 31.7 Å². The van der Waals surface area contributed by atoms with Crippen LogP contribution in [0.1, 0.15) is 13.8 Å². The number of hydrogen-bond donors (Lipinski definition) is 1. The molecule has 9 nitrogen and oxygen atoms in total. The Morgan fingerprint density at radius 1 is 1.12 bits per heavy atom. The van der Waals surface area contributed by atoms with Gasteiger partial charge >= 0.3 is 5.69 Å². The number of aromatic nitrogens is 4. The molecular formula is C15H16N4O5S. The molecule has 0 spiro atoms. The molecule has 0 aliphatic carbocycles. The zero-order chi connectivity index (χ0) is 18.4. The predicted molar refractivity (Wildman–Crippen MR) is 90.8 cm³/mol. The minimum atomic E-state index is -4.38. The topological polar surface area (TPSA) is 116 Å². The first kappa shape index (κ1) is 17.1. The van der Waals surface area contributed by atoms with Gasteiger partial charge in [-0.2, -0.15) is 8.42 Å². The fourth-order valence-electron chi connectivity index (χ4n) is 2.74. The summed E-state index contributed by atoms with van der Waals surface area (Å²) in [7, 11) is -4.38. The Bertz CT molecular complexity index is 1190. The summed E-state index contributed by atoms with van der Waals surface area (Å²) in [5.41, 5.74) is -0.240. The molecule has 3 rings (SSSR count). The van der Waals surface area contributed by atoms with Crippen molar-refractivity contribution in [3.05, 3.63) is 51.4 Å². The third-order valence-corrected chi connectivity index (χ3v) is 4.79. The summed E-state index contributed by atoms with van der Waals surface area (Å²) < 4.78 is 35.8. The van der Waals surface area contributed by atoms with Crippen LogP contribution in [0.25, 0.3) is 16.9 Å². The van der Waals surface area contributed by atoms with Gasteiger partial charge in [0, 0.05) is 18.8 Å². The molecule has 0 bridgehead atoms. The second kappa shape index (κ2) is 5.97. The van der Waals surface area contributed by atoms with E-state index in [0.29, 0.717) is 12.2 Å². The van der Waals surface area contributed by atoms with Gasteiger partial charge in [0.05, 0.1) is 4.90 Å². The molecule has 0 aliphatic heterocycles. The first-order valence-electron chi connectivity index (χ1n) is 7.58. The number of rotatable bonds is 4. The van der Waals surface area contributed by atoms with Crippen LogP contribution in [0, 0.1) is 0 Å². The van der Waals surface area contributed by atoms with Crippen molar-refractivity contribution in [2.45, 2.75) is 31.8 Å². The zero-order valence-corrected chi connectivity index (χ0v) is 14.4. The van der Waals surface area contributed by atoms with Crippen LogP contribution in [-0.2, 0) is 23.2 Å². The lowest BCUT2D eigenvalue weighted by Gasteiger charge is -2.10. The van der Waals surface area contributed by atoms with E-state index in [2.05, 4.69) is 4.98 Å². The van der Waals surface area contributed by atoms with Gasteiger partial charge in [0.25, 0.3) is 15.7 Å². The zero-order valence-electron chi connectivity index (χ0n) is 13.6. The number of nitrogens with zero attached hydrogens (tertiary/aromatic N) is 4. The Morgan fingerprint density at radius 2 is 1.80 bits per heavy atom. The highest BCUT2D eigenvalue weighted by molar-refractivity contribution is 7.85. The lowest BCUT2D eigenvalue weighted by Crippen LogP contribution is -2.39.